The van der Waals surface area contributed by atoms with Crippen LogP contribution in [0.4, 0.5) is 11.5 Å². The van der Waals surface area contributed by atoms with Crippen molar-refractivity contribution >= 4 is 11.5 Å². The molecular weight excluding hydrogens is 362 g/mol. The van der Waals surface area contributed by atoms with E-state index >= 15 is 0 Å². The zero-order valence-electron chi connectivity index (χ0n) is 15.7. The normalized spacial score (nSPS) is 14.2. The van der Waals surface area contributed by atoms with Crippen molar-refractivity contribution in [3.63, 3.8) is 0 Å². The molecular formula is C19H21N5O4. The van der Waals surface area contributed by atoms with E-state index in [2.05, 4.69) is 19.8 Å². The van der Waals surface area contributed by atoms with Crippen LogP contribution in [0.5, 0.6) is 11.9 Å². The Morgan fingerprint density at radius 1 is 0.929 bits per heavy atom. The first-order valence-corrected chi connectivity index (χ1v) is 8.91. The van der Waals surface area contributed by atoms with Crippen LogP contribution in [-0.4, -0.2) is 54.9 Å². The molecule has 1 saturated heterocycles. The van der Waals surface area contributed by atoms with Gasteiger partial charge < -0.3 is 23.7 Å². The highest BCUT2D eigenvalue weighted by atomic mass is 16.5. The molecule has 3 heterocycles. The van der Waals surface area contributed by atoms with Gasteiger partial charge in [-0.3, -0.25) is 0 Å². The number of anilines is 2. The molecule has 146 valence electrons. The van der Waals surface area contributed by atoms with E-state index < -0.39 is 5.76 Å². The summed E-state index contributed by atoms with van der Waals surface area (Å²) in [6, 6.07) is 9.97. The number of hydrogen-bond donors (Lipinski definition) is 0. The summed E-state index contributed by atoms with van der Waals surface area (Å²) in [4.78, 5) is 24.7. The summed E-state index contributed by atoms with van der Waals surface area (Å²) in [6.45, 7) is 3.32. The molecule has 0 atom stereocenters. The van der Waals surface area contributed by atoms with Gasteiger partial charge in [0.1, 0.15) is 12.1 Å². The maximum atomic E-state index is 11.6. The first kappa shape index (κ1) is 17.9. The second kappa shape index (κ2) is 7.63. The van der Waals surface area contributed by atoms with E-state index in [9.17, 15) is 4.79 Å². The molecule has 0 radical (unpaired) electrons. The number of aromatic nitrogens is 3. The van der Waals surface area contributed by atoms with E-state index in [1.165, 1.54) is 17.9 Å². The van der Waals surface area contributed by atoms with Crippen LogP contribution in [0.25, 0.3) is 5.69 Å². The van der Waals surface area contributed by atoms with Crippen LogP contribution in [0.15, 0.2) is 52.0 Å². The average Bonchev–Trinajstić information content (AvgIpc) is 3.19. The molecule has 1 aliphatic heterocycles. The van der Waals surface area contributed by atoms with Gasteiger partial charge in [-0.25, -0.2) is 9.36 Å². The lowest BCUT2D eigenvalue weighted by molar-refractivity contribution is 0.352. The smallest absolute Gasteiger partial charge is 0.423 e. The van der Waals surface area contributed by atoms with E-state index in [0.717, 1.165) is 43.4 Å². The summed E-state index contributed by atoms with van der Waals surface area (Å²) in [5.74, 6) is 0.879. The number of hydrogen-bond acceptors (Lipinski definition) is 8. The Kier molecular flexibility index (Phi) is 4.88. The lowest BCUT2D eigenvalue weighted by Crippen LogP contribution is -2.46. The van der Waals surface area contributed by atoms with Gasteiger partial charge >= 0.3 is 11.8 Å². The van der Waals surface area contributed by atoms with Crippen molar-refractivity contribution in [3.8, 4) is 17.6 Å². The lowest BCUT2D eigenvalue weighted by atomic mass is 10.2. The molecule has 1 fully saturated rings. The third kappa shape index (κ3) is 3.51. The highest BCUT2D eigenvalue weighted by molar-refractivity contribution is 5.53. The lowest BCUT2D eigenvalue weighted by Gasteiger charge is -2.36. The predicted molar refractivity (Wildman–Crippen MR) is 104 cm³/mol. The van der Waals surface area contributed by atoms with Crippen molar-refractivity contribution in [2.75, 3.05) is 50.2 Å². The Morgan fingerprint density at radius 3 is 2.21 bits per heavy atom. The third-order valence-electron chi connectivity index (χ3n) is 4.73. The van der Waals surface area contributed by atoms with Crippen molar-refractivity contribution in [1.82, 2.24) is 14.5 Å². The Hall–Kier alpha value is -3.49. The number of rotatable bonds is 5. The van der Waals surface area contributed by atoms with Gasteiger partial charge in [0.15, 0.2) is 0 Å². The first-order valence-electron chi connectivity index (χ1n) is 8.91. The fraction of sp³-hybridized carbons (Fsp3) is 0.316. The van der Waals surface area contributed by atoms with E-state index in [-0.39, 0.29) is 0 Å². The Labute approximate surface area is 161 Å². The van der Waals surface area contributed by atoms with Crippen molar-refractivity contribution in [1.29, 1.82) is 0 Å². The van der Waals surface area contributed by atoms with Crippen molar-refractivity contribution in [2.24, 2.45) is 0 Å². The number of ether oxygens (including phenoxy) is 2. The molecule has 3 aromatic rings. The molecule has 0 amide bonds. The molecule has 0 saturated carbocycles. The molecule has 0 unspecified atom stereocenters. The molecule has 1 aromatic carbocycles. The Balaban J connectivity index is 1.44. The Bertz CT molecular complexity index is 968. The summed E-state index contributed by atoms with van der Waals surface area (Å²) in [5, 5.41) is 0. The van der Waals surface area contributed by atoms with E-state index in [0.29, 0.717) is 11.9 Å². The molecule has 9 nitrogen and oxygen atoms in total. The molecule has 28 heavy (non-hydrogen) atoms. The van der Waals surface area contributed by atoms with Gasteiger partial charge in [-0.15, -0.1) is 0 Å². The third-order valence-corrected chi connectivity index (χ3v) is 4.73. The SMILES string of the molecule is COc1cc(N2CCN(c3ccc(-n4ccoc4=O)cc3)CC2)nc(OC)n1. The summed E-state index contributed by atoms with van der Waals surface area (Å²) in [6.07, 6.45) is 2.99. The van der Waals surface area contributed by atoms with Crippen LogP contribution in [0.3, 0.4) is 0 Å². The summed E-state index contributed by atoms with van der Waals surface area (Å²) < 4.78 is 16.7. The molecule has 0 spiro atoms. The molecule has 0 N–H and O–H groups in total. The fourth-order valence-electron chi connectivity index (χ4n) is 3.23. The first-order chi connectivity index (χ1) is 13.7. The molecule has 1 aliphatic rings. The minimum Gasteiger partial charge on any atom is -0.481 e. The molecule has 9 heteroatoms. The van der Waals surface area contributed by atoms with Gasteiger partial charge in [0.2, 0.25) is 5.88 Å². The summed E-state index contributed by atoms with van der Waals surface area (Å²) in [5.41, 5.74) is 1.89. The van der Waals surface area contributed by atoms with Crippen molar-refractivity contribution < 1.29 is 13.9 Å². The number of nitrogens with zero attached hydrogens (tertiary/aromatic N) is 5. The molecule has 0 bridgehead atoms. The quantitative estimate of drug-likeness (QED) is 0.656. The topological polar surface area (TPSA) is 85.9 Å². The fourth-order valence-corrected chi connectivity index (χ4v) is 3.23. The van der Waals surface area contributed by atoms with Gasteiger partial charge in [0.25, 0.3) is 0 Å². The maximum absolute atomic E-state index is 11.6. The van der Waals surface area contributed by atoms with Crippen LogP contribution < -0.4 is 25.0 Å². The number of piperazine rings is 1. The van der Waals surface area contributed by atoms with Crippen LogP contribution >= 0.6 is 0 Å². The van der Waals surface area contributed by atoms with E-state index in [4.69, 9.17) is 13.9 Å². The largest absolute Gasteiger partial charge is 0.481 e. The number of oxazole rings is 1. The average molecular weight is 383 g/mol. The predicted octanol–water partition coefficient (Wildman–Crippen LogP) is 1.56. The molecule has 0 aliphatic carbocycles. The van der Waals surface area contributed by atoms with Crippen molar-refractivity contribution in [2.45, 2.75) is 0 Å². The van der Waals surface area contributed by atoms with Gasteiger partial charge in [0, 0.05) is 37.9 Å². The van der Waals surface area contributed by atoms with Crippen LogP contribution in [0.1, 0.15) is 0 Å². The van der Waals surface area contributed by atoms with Gasteiger partial charge in [0.05, 0.1) is 26.1 Å². The summed E-state index contributed by atoms with van der Waals surface area (Å²) >= 11 is 0. The zero-order valence-corrected chi connectivity index (χ0v) is 15.7. The molecule has 2 aromatic heterocycles. The second-order valence-corrected chi connectivity index (χ2v) is 6.28. The zero-order chi connectivity index (χ0) is 19.5. The van der Waals surface area contributed by atoms with E-state index in [1.807, 2.05) is 30.3 Å². The summed E-state index contributed by atoms with van der Waals surface area (Å²) in [7, 11) is 3.11. The van der Waals surface area contributed by atoms with Gasteiger partial charge in [-0.2, -0.15) is 9.97 Å². The Morgan fingerprint density at radius 2 is 1.61 bits per heavy atom. The minimum absolute atomic E-state index is 0.293. The second-order valence-electron chi connectivity index (χ2n) is 6.28. The highest BCUT2D eigenvalue weighted by Gasteiger charge is 2.20. The molecule has 4 rings (SSSR count). The standard InChI is InChI=1S/C19H21N5O4/c1-26-17-13-16(20-18(21-17)27-2)23-9-7-22(8-10-23)14-3-5-15(6-4-14)24-11-12-28-19(24)25/h3-6,11-13H,7-10H2,1-2H3. The van der Waals surface area contributed by atoms with Crippen molar-refractivity contribution in [3.05, 3.63) is 53.3 Å². The van der Waals surface area contributed by atoms with Crippen LogP contribution in [0.2, 0.25) is 0 Å². The van der Waals surface area contributed by atoms with Gasteiger partial charge in [-0.1, -0.05) is 0 Å². The van der Waals surface area contributed by atoms with Crippen LogP contribution in [0, 0.1) is 0 Å². The van der Waals surface area contributed by atoms with E-state index in [1.54, 1.807) is 13.3 Å². The maximum Gasteiger partial charge on any atom is 0.423 e. The highest BCUT2D eigenvalue weighted by Crippen LogP contribution is 2.24. The number of benzene rings is 1. The van der Waals surface area contributed by atoms with Gasteiger partial charge in [-0.05, 0) is 24.3 Å². The minimum atomic E-state index is -0.392. The van der Waals surface area contributed by atoms with Crippen LogP contribution in [-0.2, 0) is 0 Å². The number of methoxy groups -OCH3 is 2. The monoisotopic (exact) mass is 383 g/mol.